The molecule has 3 aliphatic rings. The van der Waals surface area contributed by atoms with Crippen molar-refractivity contribution in [3.05, 3.63) is 47.0 Å². The van der Waals surface area contributed by atoms with Crippen molar-refractivity contribution < 1.29 is 8.78 Å². The summed E-state index contributed by atoms with van der Waals surface area (Å²) in [6.45, 7) is 4.62. The molecule has 2 unspecified atom stereocenters. The molecule has 2 heteroatoms. The van der Waals surface area contributed by atoms with Crippen molar-refractivity contribution in [3.8, 4) is 0 Å². The summed E-state index contributed by atoms with van der Waals surface area (Å²) in [7, 11) is 0. The largest absolute Gasteiger partial charge is 0.203 e. The first-order valence-corrected chi connectivity index (χ1v) is 11.7. The standard InChI is InChI=1S/C26H36F2/c1-17-3-7-19(8-4-17)20-11-13-22(14-12-20)24-16-15-23(25(27)26(24)28)21-9-5-18(2)6-10-21/h11,13,15-22H,3-10,12,14H2,1-2H3. The zero-order valence-electron chi connectivity index (χ0n) is 17.6. The van der Waals surface area contributed by atoms with Crippen molar-refractivity contribution in [3.63, 3.8) is 0 Å². The second-order valence-corrected chi connectivity index (χ2v) is 10.1. The first-order chi connectivity index (χ1) is 13.5. The van der Waals surface area contributed by atoms with E-state index >= 15 is 0 Å². The molecule has 1 aromatic rings. The van der Waals surface area contributed by atoms with Gasteiger partial charge in [0.05, 0.1) is 0 Å². The minimum atomic E-state index is -0.587. The third kappa shape index (κ3) is 4.21. The molecule has 28 heavy (non-hydrogen) atoms. The molecular weight excluding hydrogens is 350 g/mol. The zero-order valence-corrected chi connectivity index (χ0v) is 17.6. The number of hydrogen-bond acceptors (Lipinski definition) is 0. The van der Waals surface area contributed by atoms with Gasteiger partial charge in [-0.3, -0.25) is 0 Å². The van der Waals surface area contributed by atoms with Gasteiger partial charge in [0, 0.05) is 5.92 Å². The minimum absolute atomic E-state index is 0.0358. The van der Waals surface area contributed by atoms with Crippen molar-refractivity contribution in [2.75, 3.05) is 0 Å². The van der Waals surface area contributed by atoms with Gasteiger partial charge in [-0.1, -0.05) is 63.8 Å². The van der Waals surface area contributed by atoms with Crippen molar-refractivity contribution >= 4 is 0 Å². The SMILES string of the molecule is CC1CCC(c2ccc(C3C=CC(C4CCC(C)CC4)CC3)c(F)c2F)CC1. The Hall–Kier alpha value is -1.18. The molecule has 2 atom stereocenters. The molecule has 0 bridgehead atoms. The number of rotatable bonds is 3. The molecule has 0 saturated heterocycles. The van der Waals surface area contributed by atoms with Gasteiger partial charge in [-0.25, -0.2) is 8.78 Å². The highest BCUT2D eigenvalue weighted by molar-refractivity contribution is 5.34. The van der Waals surface area contributed by atoms with Gasteiger partial charge in [0.1, 0.15) is 0 Å². The van der Waals surface area contributed by atoms with Gasteiger partial charge < -0.3 is 0 Å². The van der Waals surface area contributed by atoms with Gasteiger partial charge >= 0.3 is 0 Å². The van der Waals surface area contributed by atoms with Crippen LogP contribution in [0.5, 0.6) is 0 Å². The topological polar surface area (TPSA) is 0 Å². The van der Waals surface area contributed by atoms with Crippen LogP contribution in [-0.2, 0) is 0 Å². The maximum Gasteiger partial charge on any atom is 0.162 e. The Balaban J connectivity index is 1.45. The Morgan fingerprint density at radius 2 is 1.21 bits per heavy atom. The minimum Gasteiger partial charge on any atom is -0.203 e. The van der Waals surface area contributed by atoms with Crippen LogP contribution in [0.25, 0.3) is 0 Å². The van der Waals surface area contributed by atoms with Crippen LogP contribution in [0.1, 0.15) is 101 Å². The fraction of sp³-hybridized carbons (Fsp3) is 0.692. The van der Waals surface area contributed by atoms with E-state index in [0.717, 1.165) is 56.3 Å². The van der Waals surface area contributed by atoms with E-state index in [2.05, 4.69) is 26.0 Å². The molecule has 0 amide bonds. The Morgan fingerprint density at radius 3 is 1.82 bits per heavy atom. The van der Waals surface area contributed by atoms with Crippen LogP contribution >= 0.6 is 0 Å². The fourth-order valence-electron chi connectivity index (χ4n) is 5.96. The van der Waals surface area contributed by atoms with Crippen LogP contribution < -0.4 is 0 Å². The van der Waals surface area contributed by atoms with E-state index in [9.17, 15) is 8.78 Å². The molecule has 0 heterocycles. The molecule has 3 aliphatic carbocycles. The average Bonchev–Trinajstić information content (AvgIpc) is 2.72. The lowest BCUT2D eigenvalue weighted by molar-refractivity contribution is 0.225. The van der Waals surface area contributed by atoms with Gasteiger partial charge in [0.2, 0.25) is 0 Å². The molecular formula is C26H36F2. The summed E-state index contributed by atoms with van der Waals surface area (Å²) in [5, 5.41) is 0. The number of benzene rings is 1. The third-order valence-corrected chi connectivity index (χ3v) is 8.06. The lowest BCUT2D eigenvalue weighted by atomic mass is 9.71. The van der Waals surface area contributed by atoms with E-state index in [-0.39, 0.29) is 11.8 Å². The third-order valence-electron chi connectivity index (χ3n) is 8.06. The zero-order chi connectivity index (χ0) is 19.7. The molecule has 154 valence electrons. The first kappa shape index (κ1) is 20.1. The Kier molecular flexibility index (Phi) is 6.23. The molecule has 0 radical (unpaired) electrons. The second kappa shape index (κ2) is 8.67. The van der Waals surface area contributed by atoms with E-state index in [1.54, 1.807) is 0 Å². The van der Waals surface area contributed by atoms with Crippen molar-refractivity contribution in [2.24, 2.45) is 23.7 Å². The molecule has 2 fully saturated rings. The van der Waals surface area contributed by atoms with Crippen molar-refractivity contribution in [1.82, 2.24) is 0 Å². The van der Waals surface area contributed by atoms with Gasteiger partial charge in [-0.05, 0) is 79.2 Å². The number of halogens is 2. The maximum atomic E-state index is 15.0. The van der Waals surface area contributed by atoms with E-state index in [1.807, 2.05) is 12.1 Å². The van der Waals surface area contributed by atoms with Crippen molar-refractivity contribution in [1.29, 1.82) is 0 Å². The molecule has 4 rings (SSSR count). The van der Waals surface area contributed by atoms with Crippen LogP contribution in [0.15, 0.2) is 24.3 Å². The van der Waals surface area contributed by atoms with E-state index in [4.69, 9.17) is 0 Å². The molecule has 0 spiro atoms. The molecule has 0 aromatic heterocycles. The summed E-state index contributed by atoms with van der Waals surface area (Å²) >= 11 is 0. The molecule has 0 nitrogen and oxygen atoms in total. The predicted molar refractivity (Wildman–Crippen MR) is 112 cm³/mol. The first-order valence-electron chi connectivity index (χ1n) is 11.7. The normalized spacial score (nSPS) is 36.4. The van der Waals surface area contributed by atoms with Crippen LogP contribution in [0.4, 0.5) is 8.78 Å². The average molecular weight is 387 g/mol. The van der Waals surface area contributed by atoms with Gasteiger partial charge in [0.25, 0.3) is 0 Å². The van der Waals surface area contributed by atoms with Gasteiger partial charge in [-0.15, -0.1) is 0 Å². The second-order valence-electron chi connectivity index (χ2n) is 10.1. The predicted octanol–water partition coefficient (Wildman–Crippen LogP) is 8.13. The number of hydrogen-bond donors (Lipinski definition) is 0. The number of allylic oxidation sites excluding steroid dienone is 2. The van der Waals surface area contributed by atoms with E-state index < -0.39 is 11.6 Å². The highest BCUT2D eigenvalue weighted by atomic mass is 19.2. The maximum absolute atomic E-state index is 15.0. The lowest BCUT2D eigenvalue weighted by Gasteiger charge is -2.34. The Bertz CT molecular complexity index is 691. The quantitative estimate of drug-likeness (QED) is 0.460. The summed E-state index contributed by atoms with van der Waals surface area (Å²) in [4.78, 5) is 0. The summed E-state index contributed by atoms with van der Waals surface area (Å²) in [6, 6.07) is 3.76. The Morgan fingerprint density at radius 1 is 0.643 bits per heavy atom. The molecule has 1 aromatic carbocycles. The van der Waals surface area contributed by atoms with Crippen LogP contribution in [0.2, 0.25) is 0 Å². The van der Waals surface area contributed by atoms with E-state index in [0.29, 0.717) is 17.0 Å². The summed E-state index contributed by atoms with van der Waals surface area (Å²) in [5.74, 6) is 2.10. The van der Waals surface area contributed by atoms with Crippen LogP contribution in [0.3, 0.4) is 0 Å². The van der Waals surface area contributed by atoms with Gasteiger partial charge in [0.15, 0.2) is 11.6 Å². The van der Waals surface area contributed by atoms with Crippen molar-refractivity contribution in [2.45, 2.75) is 89.9 Å². The highest BCUT2D eigenvalue weighted by Gasteiger charge is 2.30. The highest BCUT2D eigenvalue weighted by Crippen LogP contribution is 2.42. The fourth-order valence-corrected chi connectivity index (χ4v) is 5.96. The van der Waals surface area contributed by atoms with E-state index in [1.165, 1.54) is 25.7 Å². The summed E-state index contributed by atoms with van der Waals surface area (Å²) < 4.78 is 29.9. The van der Waals surface area contributed by atoms with Crippen LogP contribution in [0, 0.1) is 35.3 Å². The lowest BCUT2D eigenvalue weighted by Crippen LogP contribution is -2.22. The monoisotopic (exact) mass is 386 g/mol. The van der Waals surface area contributed by atoms with Gasteiger partial charge in [-0.2, -0.15) is 0 Å². The smallest absolute Gasteiger partial charge is 0.162 e. The summed E-state index contributed by atoms with van der Waals surface area (Å²) in [6.07, 6.45) is 16.1. The summed E-state index contributed by atoms with van der Waals surface area (Å²) in [5.41, 5.74) is 1.18. The molecule has 0 aliphatic heterocycles. The molecule has 2 saturated carbocycles. The Labute approximate surface area is 169 Å². The molecule has 0 N–H and O–H groups in total. The van der Waals surface area contributed by atoms with Crippen LogP contribution in [-0.4, -0.2) is 0 Å².